The fourth-order valence-electron chi connectivity index (χ4n) is 1.89. The Morgan fingerprint density at radius 2 is 0.962 bits per heavy atom. The van der Waals surface area contributed by atoms with E-state index in [1.807, 2.05) is 12.1 Å². The van der Waals surface area contributed by atoms with E-state index in [1.165, 1.54) is 0 Å². The molecule has 0 amide bonds. The summed E-state index contributed by atoms with van der Waals surface area (Å²) in [4.78, 5) is 0. The molecule has 0 aliphatic rings. The van der Waals surface area contributed by atoms with Gasteiger partial charge in [0, 0.05) is 0 Å². The van der Waals surface area contributed by atoms with Crippen molar-refractivity contribution >= 4 is 0 Å². The van der Waals surface area contributed by atoms with Crippen molar-refractivity contribution < 1.29 is 114 Å². The molecule has 2 rings (SSSR count). The van der Waals surface area contributed by atoms with Crippen LogP contribution in [0.3, 0.4) is 0 Å². The molecule has 0 heterocycles. The number of hydrogen-bond acceptors (Lipinski definition) is 6. The number of hydrogen-bond donors (Lipinski definition) is 2. The molecule has 0 bridgehead atoms. The van der Waals surface area contributed by atoms with Crippen LogP contribution >= 0.6 is 0 Å². The number of benzene rings is 2. The molecule has 2 unspecified atom stereocenters. The Balaban J connectivity index is 0. The van der Waals surface area contributed by atoms with E-state index in [0.29, 0.717) is 11.1 Å². The molecule has 0 aromatic heterocycles. The predicted octanol–water partition coefficient (Wildman–Crippen LogP) is -6.07. The molecule has 0 saturated heterocycles. The summed E-state index contributed by atoms with van der Waals surface area (Å²) in [6.07, 6.45) is 0. The number of rotatable bonds is 6. The van der Waals surface area contributed by atoms with E-state index in [-0.39, 0.29) is 72.3 Å². The zero-order chi connectivity index (χ0) is 17.9. The van der Waals surface area contributed by atoms with Gasteiger partial charge in [-0.25, -0.2) is 0 Å². The van der Waals surface area contributed by atoms with Crippen LogP contribution in [0.5, 0.6) is 0 Å². The van der Waals surface area contributed by atoms with Crippen LogP contribution in [-0.2, 0) is 36.4 Å². The SMILES string of the molecule is [Na+].[Na+].[O]=[Cr]([O-])[CH](CO)c1ccccc1.[O]=[Cr]([O-])[CH](CO)c1ccccc1. The van der Waals surface area contributed by atoms with Crippen molar-refractivity contribution in [2.24, 2.45) is 0 Å². The normalized spacial score (nSPS) is 12.2. The molecule has 0 aliphatic heterocycles. The van der Waals surface area contributed by atoms with Crippen molar-refractivity contribution in [3.8, 4) is 0 Å². The maximum atomic E-state index is 10.7. The van der Waals surface area contributed by atoms with Crippen LogP contribution in [0.15, 0.2) is 60.7 Å². The summed E-state index contributed by atoms with van der Waals surface area (Å²) in [5, 5.41) is 17.6. The minimum atomic E-state index is -3.14. The number of aliphatic hydroxyl groups excluding tert-OH is 2. The molecule has 2 aromatic carbocycles. The Labute approximate surface area is 206 Å². The fourth-order valence-corrected chi connectivity index (χ4v) is 3.46. The Kier molecular flexibility index (Phi) is 18.9. The molecular formula is C16H18Cr2Na2O6. The first-order valence-corrected chi connectivity index (χ1v) is 10.5. The van der Waals surface area contributed by atoms with Gasteiger partial charge in [0.1, 0.15) is 0 Å². The Hall–Kier alpha value is 0.945. The van der Waals surface area contributed by atoms with Gasteiger partial charge in [-0.3, -0.25) is 0 Å². The molecule has 0 aliphatic carbocycles. The summed E-state index contributed by atoms with van der Waals surface area (Å²) in [5.41, 5.74) is 1.32. The second-order valence-electron chi connectivity index (χ2n) is 4.68. The average molecular weight is 456 g/mol. The molecule has 0 radical (unpaired) electrons. The van der Waals surface area contributed by atoms with Gasteiger partial charge in [0.15, 0.2) is 0 Å². The van der Waals surface area contributed by atoms with E-state index in [0.717, 1.165) is 0 Å². The summed E-state index contributed by atoms with van der Waals surface area (Å²) < 4.78 is 41.3. The zero-order valence-corrected chi connectivity index (χ0v) is 21.2. The molecule has 2 atom stereocenters. The second-order valence-corrected chi connectivity index (χ2v) is 8.09. The molecule has 10 heteroatoms. The van der Waals surface area contributed by atoms with Crippen molar-refractivity contribution in [1.29, 1.82) is 0 Å². The third kappa shape index (κ3) is 10.5. The van der Waals surface area contributed by atoms with E-state index in [4.69, 9.17) is 10.2 Å². The van der Waals surface area contributed by atoms with Gasteiger partial charge in [-0.1, -0.05) is 0 Å². The first-order valence-electron chi connectivity index (χ1n) is 6.99. The molecule has 6 nitrogen and oxygen atoms in total. The first kappa shape index (κ1) is 29.1. The summed E-state index contributed by atoms with van der Waals surface area (Å²) in [7, 11) is 0. The first-order chi connectivity index (χ1) is 11.5. The third-order valence-corrected chi connectivity index (χ3v) is 5.91. The van der Waals surface area contributed by atoms with Gasteiger partial charge in [0.2, 0.25) is 0 Å². The van der Waals surface area contributed by atoms with Gasteiger partial charge in [0.25, 0.3) is 0 Å². The average Bonchev–Trinajstić information content (AvgIpc) is 2.58. The topological polar surface area (TPSA) is 121 Å². The molecule has 2 N–H and O–H groups in total. The zero-order valence-electron chi connectivity index (χ0n) is 14.7. The summed E-state index contributed by atoms with van der Waals surface area (Å²) in [6.45, 7) is -0.663. The summed E-state index contributed by atoms with van der Waals surface area (Å²) >= 11 is -6.27. The van der Waals surface area contributed by atoms with E-state index in [1.54, 1.807) is 48.5 Å². The van der Waals surface area contributed by atoms with Crippen LogP contribution in [0.2, 0.25) is 0 Å². The molecule has 0 fully saturated rings. The summed E-state index contributed by atoms with van der Waals surface area (Å²) in [5.74, 6) is 0. The van der Waals surface area contributed by atoms with Gasteiger partial charge in [0.05, 0.1) is 0 Å². The van der Waals surface area contributed by atoms with Gasteiger partial charge in [-0.15, -0.1) is 0 Å². The molecular weight excluding hydrogens is 438 g/mol. The third-order valence-electron chi connectivity index (χ3n) is 3.14. The van der Waals surface area contributed by atoms with Crippen LogP contribution in [0.1, 0.15) is 20.7 Å². The van der Waals surface area contributed by atoms with Crippen LogP contribution in [0.25, 0.3) is 0 Å². The van der Waals surface area contributed by atoms with Crippen molar-refractivity contribution in [3.05, 3.63) is 71.8 Å². The van der Waals surface area contributed by atoms with E-state index in [2.05, 4.69) is 0 Å². The molecule has 0 spiro atoms. The maximum absolute atomic E-state index is 10.7. The van der Waals surface area contributed by atoms with Crippen LogP contribution < -0.4 is 67.4 Å². The van der Waals surface area contributed by atoms with E-state index in [9.17, 15) is 15.9 Å². The molecule has 26 heavy (non-hydrogen) atoms. The quantitative estimate of drug-likeness (QED) is 0.418. The predicted molar refractivity (Wildman–Crippen MR) is 73.9 cm³/mol. The Morgan fingerprint density at radius 3 is 1.15 bits per heavy atom. The van der Waals surface area contributed by atoms with Gasteiger partial charge >= 0.3 is 209 Å². The van der Waals surface area contributed by atoms with Crippen molar-refractivity contribution in [2.45, 2.75) is 9.56 Å². The van der Waals surface area contributed by atoms with Crippen molar-refractivity contribution in [1.82, 2.24) is 0 Å². The van der Waals surface area contributed by atoms with Crippen LogP contribution in [0.4, 0.5) is 0 Å². The van der Waals surface area contributed by atoms with E-state index < -0.39 is 38.4 Å². The van der Waals surface area contributed by atoms with E-state index >= 15 is 0 Å². The summed E-state index contributed by atoms with van der Waals surface area (Å²) in [6, 6.07) is 17.4. The van der Waals surface area contributed by atoms with Gasteiger partial charge in [-0.05, 0) is 0 Å². The Morgan fingerprint density at radius 1 is 0.692 bits per heavy atom. The Bertz CT molecular complexity index is 588. The minimum absolute atomic E-state index is 0. The fraction of sp³-hybridized carbons (Fsp3) is 0.250. The number of aliphatic hydroxyl groups is 2. The van der Waals surface area contributed by atoms with Gasteiger partial charge < -0.3 is 0 Å². The van der Waals surface area contributed by atoms with Crippen LogP contribution in [-0.4, -0.2) is 23.4 Å². The molecule has 2 aromatic rings. The standard InChI is InChI=1S/2C8H9O.2Cr.2Na.4O/c2*9-7-6-8-4-2-1-3-5-8;;;;;;;;/h2*1-6,9H,7H2;;;;;;;;/q;;;;2*+1;;;2*-1. The monoisotopic (exact) mass is 456 g/mol. The van der Waals surface area contributed by atoms with Crippen LogP contribution in [0, 0.1) is 0 Å². The second kappa shape index (κ2) is 16.9. The van der Waals surface area contributed by atoms with Crippen molar-refractivity contribution in [2.75, 3.05) is 13.2 Å². The molecule has 0 saturated carbocycles. The molecule has 132 valence electrons. The van der Waals surface area contributed by atoms with Crippen molar-refractivity contribution in [3.63, 3.8) is 0 Å². The van der Waals surface area contributed by atoms with Gasteiger partial charge in [-0.2, -0.15) is 0 Å².